The number of nitrogens with zero attached hydrogens (tertiary/aromatic N) is 2. The van der Waals surface area contributed by atoms with Crippen LogP contribution in [0.15, 0.2) is 65.2 Å². The van der Waals surface area contributed by atoms with Crippen LogP contribution in [0.25, 0.3) is 21.5 Å². The second-order valence-electron chi connectivity index (χ2n) is 5.21. The topological polar surface area (TPSA) is 68.0 Å². The summed E-state index contributed by atoms with van der Waals surface area (Å²) in [5, 5.41) is 7.82. The van der Waals surface area contributed by atoms with E-state index in [1.807, 2.05) is 60.7 Å². The highest BCUT2D eigenvalue weighted by Gasteiger charge is 2.12. The summed E-state index contributed by atoms with van der Waals surface area (Å²) in [7, 11) is 0. The number of fused-ring (bicyclic) bond motifs is 1. The Morgan fingerprint density at radius 3 is 2.71 bits per heavy atom. The Morgan fingerprint density at radius 1 is 1.08 bits per heavy atom. The number of rotatable bonds is 4. The molecular weight excluding hydrogens is 322 g/mol. The molecule has 2 aromatic heterocycles. The van der Waals surface area contributed by atoms with Crippen molar-refractivity contribution in [2.24, 2.45) is 0 Å². The lowest BCUT2D eigenvalue weighted by Crippen LogP contribution is -2.21. The lowest BCUT2D eigenvalue weighted by molar-refractivity contribution is 0.0950. The van der Waals surface area contributed by atoms with E-state index in [1.54, 1.807) is 0 Å². The van der Waals surface area contributed by atoms with Gasteiger partial charge in [-0.1, -0.05) is 53.7 Å². The van der Waals surface area contributed by atoms with Gasteiger partial charge in [0.15, 0.2) is 0 Å². The number of thiophene rings is 1. The molecule has 0 aliphatic rings. The second-order valence-corrected chi connectivity index (χ2v) is 6.29. The van der Waals surface area contributed by atoms with Gasteiger partial charge in [0, 0.05) is 10.3 Å². The van der Waals surface area contributed by atoms with Gasteiger partial charge in [0.25, 0.3) is 5.91 Å². The SMILES string of the molecule is O=C(NCc1nc(-c2ccccc2)no1)c1cc2ccccc2s1. The average Bonchev–Trinajstić information content (AvgIpc) is 3.27. The normalized spacial score (nSPS) is 10.8. The van der Waals surface area contributed by atoms with Crippen LogP contribution in [-0.4, -0.2) is 16.0 Å². The Kier molecular flexibility index (Phi) is 3.80. The van der Waals surface area contributed by atoms with E-state index in [1.165, 1.54) is 11.3 Å². The first-order chi connectivity index (χ1) is 11.8. The van der Waals surface area contributed by atoms with Gasteiger partial charge < -0.3 is 9.84 Å². The zero-order valence-corrected chi connectivity index (χ0v) is 13.4. The summed E-state index contributed by atoms with van der Waals surface area (Å²) in [6.07, 6.45) is 0. The molecule has 1 amide bonds. The highest BCUT2D eigenvalue weighted by Crippen LogP contribution is 2.25. The molecule has 4 rings (SSSR count). The minimum absolute atomic E-state index is 0.143. The van der Waals surface area contributed by atoms with Crippen molar-refractivity contribution in [3.8, 4) is 11.4 Å². The van der Waals surface area contributed by atoms with Gasteiger partial charge in [0.1, 0.15) is 0 Å². The standard InChI is InChI=1S/C18H13N3O2S/c22-18(15-10-13-8-4-5-9-14(13)24-15)19-11-16-20-17(21-23-16)12-6-2-1-3-7-12/h1-10H,11H2,(H,19,22). The molecule has 2 heterocycles. The Balaban J connectivity index is 1.45. The number of amides is 1. The molecule has 0 spiro atoms. The minimum Gasteiger partial charge on any atom is -0.342 e. The molecule has 6 heteroatoms. The highest BCUT2D eigenvalue weighted by atomic mass is 32.1. The van der Waals surface area contributed by atoms with Crippen molar-refractivity contribution in [2.75, 3.05) is 0 Å². The summed E-state index contributed by atoms with van der Waals surface area (Å²) in [4.78, 5) is 17.2. The zero-order valence-electron chi connectivity index (χ0n) is 12.6. The van der Waals surface area contributed by atoms with E-state index >= 15 is 0 Å². The van der Waals surface area contributed by atoms with E-state index in [0.29, 0.717) is 16.6 Å². The van der Waals surface area contributed by atoms with Crippen LogP contribution < -0.4 is 5.32 Å². The summed E-state index contributed by atoms with van der Waals surface area (Å²) in [6.45, 7) is 0.201. The van der Waals surface area contributed by atoms with Gasteiger partial charge in [0.2, 0.25) is 11.7 Å². The first-order valence-electron chi connectivity index (χ1n) is 7.44. The number of aromatic nitrogens is 2. The number of hydrogen-bond acceptors (Lipinski definition) is 5. The fourth-order valence-corrected chi connectivity index (χ4v) is 3.35. The molecular formula is C18H13N3O2S. The van der Waals surface area contributed by atoms with Crippen LogP contribution >= 0.6 is 11.3 Å². The maximum Gasteiger partial charge on any atom is 0.261 e. The lowest BCUT2D eigenvalue weighted by atomic mass is 10.2. The van der Waals surface area contributed by atoms with E-state index < -0.39 is 0 Å². The van der Waals surface area contributed by atoms with E-state index in [9.17, 15) is 4.79 Å². The molecule has 0 unspecified atom stereocenters. The van der Waals surface area contributed by atoms with Crippen LogP contribution in [0.5, 0.6) is 0 Å². The number of benzene rings is 2. The van der Waals surface area contributed by atoms with Crippen molar-refractivity contribution in [3.63, 3.8) is 0 Å². The molecule has 0 aliphatic carbocycles. The molecule has 0 bridgehead atoms. The summed E-state index contributed by atoms with van der Waals surface area (Å²) in [5.74, 6) is 0.751. The molecule has 118 valence electrons. The van der Waals surface area contributed by atoms with Crippen LogP contribution in [0, 0.1) is 0 Å². The highest BCUT2D eigenvalue weighted by molar-refractivity contribution is 7.20. The van der Waals surface area contributed by atoms with Gasteiger partial charge in [-0.3, -0.25) is 4.79 Å². The first-order valence-corrected chi connectivity index (χ1v) is 8.26. The Morgan fingerprint density at radius 2 is 1.88 bits per heavy atom. The van der Waals surface area contributed by atoms with Crippen molar-refractivity contribution in [1.29, 1.82) is 0 Å². The number of hydrogen-bond donors (Lipinski definition) is 1. The summed E-state index contributed by atoms with van der Waals surface area (Å²) < 4.78 is 6.28. The molecule has 24 heavy (non-hydrogen) atoms. The molecule has 0 atom stereocenters. The first kappa shape index (κ1) is 14.6. The van der Waals surface area contributed by atoms with E-state index in [2.05, 4.69) is 15.5 Å². The Bertz CT molecular complexity index is 959. The van der Waals surface area contributed by atoms with Crippen LogP contribution in [0.3, 0.4) is 0 Å². The van der Waals surface area contributed by atoms with Crippen LogP contribution in [-0.2, 0) is 6.54 Å². The van der Waals surface area contributed by atoms with Gasteiger partial charge in [-0.05, 0) is 17.5 Å². The third kappa shape index (κ3) is 2.91. The van der Waals surface area contributed by atoms with E-state index in [-0.39, 0.29) is 12.5 Å². The number of nitrogens with one attached hydrogen (secondary N) is 1. The molecule has 4 aromatic rings. The van der Waals surface area contributed by atoms with Crippen LogP contribution in [0.1, 0.15) is 15.6 Å². The molecule has 5 nitrogen and oxygen atoms in total. The molecule has 0 saturated carbocycles. The maximum absolute atomic E-state index is 12.3. The van der Waals surface area contributed by atoms with Gasteiger partial charge >= 0.3 is 0 Å². The predicted molar refractivity (Wildman–Crippen MR) is 92.7 cm³/mol. The Hall–Kier alpha value is -2.99. The number of carbonyl (C=O) groups excluding carboxylic acids is 1. The quantitative estimate of drug-likeness (QED) is 0.614. The van der Waals surface area contributed by atoms with E-state index in [0.717, 1.165) is 15.6 Å². The Labute approximate surface area is 141 Å². The van der Waals surface area contributed by atoms with Crippen LogP contribution in [0.2, 0.25) is 0 Å². The third-order valence-corrected chi connectivity index (χ3v) is 4.66. The van der Waals surface area contributed by atoms with Crippen molar-refractivity contribution in [3.05, 3.63) is 71.4 Å². The molecule has 0 saturated heterocycles. The largest absolute Gasteiger partial charge is 0.342 e. The molecule has 2 aromatic carbocycles. The lowest BCUT2D eigenvalue weighted by Gasteiger charge is -1.98. The van der Waals surface area contributed by atoms with E-state index in [4.69, 9.17) is 4.52 Å². The molecule has 0 radical (unpaired) electrons. The predicted octanol–water partition coefficient (Wildman–Crippen LogP) is 3.88. The van der Waals surface area contributed by atoms with Gasteiger partial charge in [-0.25, -0.2) is 0 Å². The zero-order chi connectivity index (χ0) is 16.4. The summed E-state index contributed by atoms with van der Waals surface area (Å²) in [6, 6.07) is 19.4. The second kappa shape index (κ2) is 6.25. The fraction of sp³-hybridized carbons (Fsp3) is 0.0556. The summed E-state index contributed by atoms with van der Waals surface area (Å²) in [5.41, 5.74) is 0.878. The smallest absolute Gasteiger partial charge is 0.261 e. The summed E-state index contributed by atoms with van der Waals surface area (Å²) >= 11 is 1.46. The average molecular weight is 335 g/mol. The fourth-order valence-electron chi connectivity index (χ4n) is 2.37. The molecule has 0 fully saturated rings. The molecule has 0 aliphatic heterocycles. The minimum atomic E-state index is -0.143. The monoisotopic (exact) mass is 335 g/mol. The number of carbonyl (C=O) groups is 1. The van der Waals surface area contributed by atoms with Gasteiger partial charge in [0.05, 0.1) is 11.4 Å². The van der Waals surface area contributed by atoms with Crippen molar-refractivity contribution in [2.45, 2.75) is 6.54 Å². The van der Waals surface area contributed by atoms with Gasteiger partial charge in [-0.2, -0.15) is 4.98 Å². The maximum atomic E-state index is 12.3. The van der Waals surface area contributed by atoms with Crippen molar-refractivity contribution >= 4 is 27.3 Å². The van der Waals surface area contributed by atoms with Gasteiger partial charge in [-0.15, -0.1) is 11.3 Å². The van der Waals surface area contributed by atoms with Crippen LogP contribution in [0.4, 0.5) is 0 Å². The molecule has 1 N–H and O–H groups in total. The van der Waals surface area contributed by atoms with Crippen molar-refractivity contribution < 1.29 is 9.32 Å². The third-order valence-electron chi connectivity index (χ3n) is 3.55. The van der Waals surface area contributed by atoms with Crippen molar-refractivity contribution in [1.82, 2.24) is 15.5 Å².